The standard InChI is InChI=1S/C28H52NO6P/c1-2-3-4-5-6-7-8-9-10-11-12-13-14-15-16-20-24-33-26-28(30)27-35-36(31,32)34-25-23-29-21-18-17-19-22-29/h17-19,21-22,28,30H,2-16,20,23-27H2,1H3/p+1. The number of aliphatic hydroxyl groups excluding tert-OH is 1. The van der Waals surface area contributed by atoms with E-state index in [1.54, 1.807) is 0 Å². The smallest absolute Gasteiger partial charge is 0.388 e. The van der Waals surface area contributed by atoms with Gasteiger partial charge in [-0.15, -0.1) is 0 Å². The van der Waals surface area contributed by atoms with Crippen molar-refractivity contribution in [1.29, 1.82) is 0 Å². The van der Waals surface area contributed by atoms with Crippen LogP contribution in [0.2, 0.25) is 0 Å². The Labute approximate surface area is 220 Å². The molecule has 1 heterocycles. The van der Waals surface area contributed by atoms with Crippen molar-refractivity contribution >= 4 is 7.82 Å². The van der Waals surface area contributed by atoms with Gasteiger partial charge in [0, 0.05) is 18.7 Å². The zero-order valence-electron chi connectivity index (χ0n) is 22.7. The predicted molar refractivity (Wildman–Crippen MR) is 145 cm³/mol. The van der Waals surface area contributed by atoms with E-state index in [-0.39, 0.29) is 19.8 Å². The zero-order chi connectivity index (χ0) is 26.2. The van der Waals surface area contributed by atoms with Gasteiger partial charge in [-0.25, -0.2) is 9.13 Å². The maximum Gasteiger partial charge on any atom is 0.472 e. The quantitative estimate of drug-likeness (QED) is 0.0783. The average molecular weight is 531 g/mol. The minimum absolute atomic E-state index is 0.0360. The molecule has 210 valence electrons. The number of ether oxygens (including phenoxy) is 1. The maximum absolute atomic E-state index is 11.9. The van der Waals surface area contributed by atoms with Gasteiger partial charge in [0.25, 0.3) is 0 Å². The molecule has 0 amide bonds. The highest BCUT2D eigenvalue weighted by Gasteiger charge is 2.23. The molecule has 0 radical (unpaired) electrons. The van der Waals surface area contributed by atoms with E-state index < -0.39 is 13.9 Å². The fraction of sp³-hybridized carbons (Fsp3) is 0.821. The molecule has 0 saturated carbocycles. The van der Waals surface area contributed by atoms with Crippen molar-refractivity contribution in [2.45, 2.75) is 122 Å². The topological polar surface area (TPSA) is 89.1 Å². The van der Waals surface area contributed by atoms with E-state index in [2.05, 4.69) is 6.92 Å². The van der Waals surface area contributed by atoms with Gasteiger partial charge in [-0.3, -0.25) is 9.05 Å². The highest BCUT2D eigenvalue weighted by atomic mass is 31.2. The third-order valence-corrected chi connectivity index (χ3v) is 7.25. The summed E-state index contributed by atoms with van der Waals surface area (Å²) in [7, 11) is -4.19. The van der Waals surface area contributed by atoms with Crippen LogP contribution < -0.4 is 4.57 Å². The molecule has 0 aliphatic rings. The minimum Gasteiger partial charge on any atom is -0.388 e. The van der Waals surface area contributed by atoms with Gasteiger partial charge in [0.05, 0.1) is 13.2 Å². The highest BCUT2D eigenvalue weighted by molar-refractivity contribution is 7.47. The van der Waals surface area contributed by atoms with E-state index in [0.29, 0.717) is 13.2 Å². The van der Waals surface area contributed by atoms with Crippen LogP contribution in [-0.4, -0.2) is 42.5 Å². The number of rotatable bonds is 26. The first-order valence-electron chi connectivity index (χ1n) is 14.4. The molecule has 0 spiro atoms. The Hall–Kier alpha value is -0.820. The minimum atomic E-state index is -4.19. The van der Waals surface area contributed by atoms with Crippen LogP contribution in [0.5, 0.6) is 0 Å². The average Bonchev–Trinajstić information content (AvgIpc) is 2.87. The van der Waals surface area contributed by atoms with Crippen LogP contribution in [0.4, 0.5) is 0 Å². The van der Waals surface area contributed by atoms with Crippen molar-refractivity contribution in [2.75, 3.05) is 26.4 Å². The third-order valence-electron chi connectivity index (χ3n) is 6.26. The summed E-state index contributed by atoms with van der Waals surface area (Å²) < 4.78 is 29.0. The number of aliphatic hydroxyl groups is 1. The first-order chi connectivity index (χ1) is 17.5. The molecule has 0 aliphatic carbocycles. The molecule has 1 aromatic heterocycles. The van der Waals surface area contributed by atoms with Gasteiger partial charge in [0.2, 0.25) is 0 Å². The molecular formula is C28H53NO6P+. The van der Waals surface area contributed by atoms with Crippen LogP contribution in [0, 0.1) is 0 Å². The van der Waals surface area contributed by atoms with E-state index in [1.165, 1.54) is 89.9 Å². The number of aromatic nitrogens is 1. The first kappa shape index (κ1) is 33.2. The van der Waals surface area contributed by atoms with Gasteiger partial charge in [0.1, 0.15) is 12.7 Å². The van der Waals surface area contributed by atoms with E-state index in [1.807, 2.05) is 35.2 Å². The van der Waals surface area contributed by atoms with E-state index in [4.69, 9.17) is 13.8 Å². The predicted octanol–water partition coefficient (Wildman–Crippen LogP) is 6.75. The Kier molecular flexibility index (Phi) is 21.5. The lowest BCUT2D eigenvalue weighted by Gasteiger charge is -2.15. The van der Waals surface area contributed by atoms with Crippen molar-refractivity contribution in [1.82, 2.24) is 0 Å². The van der Waals surface area contributed by atoms with Crippen LogP contribution in [0.25, 0.3) is 0 Å². The molecule has 8 heteroatoms. The SMILES string of the molecule is CCCCCCCCCCCCCCCCCCOCC(O)COP(=O)(O)OCC[n+]1ccccc1. The summed E-state index contributed by atoms with van der Waals surface area (Å²) in [5.41, 5.74) is 0. The summed E-state index contributed by atoms with van der Waals surface area (Å²) in [4.78, 5) is 9.72. The summed E-state index contributed by atoms with van der Waals surface area (Å²) in [5.74, 6) is 0. The lowest BCUT2D eigenvalue weighted by Crippen LogP contribution is -2.34. The number of unbranched alkanes of at least 4 members (excludes halogenated alkanes) is 15. The summed E-state index contributed by atoms with van der Waals surface area (Å²) in [5, 5.41) is 9.91. The van der Waals surface area contributed by atoms with Crippen LogP contribution in [-0.2, 0) is 24.9 Å². The number of hydrogen-bond donors (Lipinski definition) is 2. The van der Waals surface area contributed by atoms with Crippen molar-refractivity contribution in [2.24, 2.45) is 0 Å². The number of phosphoric acid groups is 1. The lowest BCUT2D eigenvalue weighted by molar-refractivity contribution is -0.697. The third kappa shape index (κ3) is 21.3. The molecule has 0 aromatic carbocycles. The molecule has 36 heavy (non-hydrogen) atoms. The maximum atomic E-state index is 11.9. The van der Waals surface area contributed by atoms with Crippen molar-refractivity contribution in [3.8, 4) is 0 Å². The Bertz CT molecular complexity index is 648. The van der Waals surface area contributed by atoms with Gasteiger partial charge in [-0.05, 0) is 6.42 Å². The molecule has 0 saturated heterocycles. The second-order valence-corrected chi connectivity index (χ2v) is 11.2. The summed E-state index contributed by atoms with van der Waals surface area (Å²) >= 11 is 0. The molecule has 0 aliphatic heterocycles. The first-order valence-corrected chi connectivity index (χ1v) is 15.8. The number of phosphoric ester groups is 1. The molecule has 2 unspecified atom stereocenters. The van der Waals surface area contributed by atoms with Gasteiger partial charge in [-0.1, -0.05) is 109 Å². The van der Waals surface area contributed by atoms with Crippen LogP contribution in [0.3, 0.4) is 0 Å². The molecule has 2 N–H and O–H groups in total. The van der Waals surface area contributed by atoms with Crippen molar-refractivity contribution in [3.05, 3.63) is 30.6 Å². The monoisotopic (exact) mass is 530 g/mol. The number of pyridine rings is 1. The van der Waals surface area contributed by atoms with Crippen molar-refractivity contribution in [3.63, 3.8) is 0 Å². The van der Waals surface area contributed by atoms with E-state index >= 15 is 0 Å². The summed E-state index contributed by atoms with van der Waals surface area (Å²) in [6.07, 6.45) is 24.0. The normalized spacial score (nSPS) is 14.1. The fourth-order valence-electron chi connectivity index (χ4n) is 4.08. The summed E-state index contributed by atoms with van der Waals surface area (Å²) in [6, 6.07) is 5.62. The van der Waals surface area contributed by atoms with Gasteiger partial charge < -0.3 is 14.7 Å². The lowest BCUT2D eigenvalue weighted by atomic mass is 10.0. The molecule has 1 aromatic rings. The molecule has 2 atom stereocenters. The Morgan fingerprint density at radius 3 is 1.72 bits per heavy atom. The van der Waals surface area contributed by atoms with Crippen LogP contribution in [0.1, 0.15) is 110 Å². The molecule has 7 nitrogen and oxygen atoms in total. The van der Waals surface area contributed by atoms with Crippen LogP contribution >= 0.6 is 7.82 Å². The Morgan fingerprint density at radius 1 is 0.694 bits per heavy atom. The van der Waals surface area contributed by atoms with Crippen LogP contribution in [0.15, 0.2) is 30.6 Å². The van der Waals surface area contributed by atoms with Gasteiger partial charge in [0.15, 0.2) is 18.9 Å². The summed E-state index contributed by atoms with van der Waals surface area (Å²) in [6.45, 7) is 3.10. The molecular weight excluding hydrogens is 477 g/mol. The largest absolute Gasteiger partial charge is 0.472 e. The molecule has 1 rings (SSSR count). The highest BCUT2D eigenvalue weighted by Crippen LogP contribution is 2.42. The second-order valence-electron chi connectivity index (χ2n) is 9.74. The fourth-order valence-corrected chi connectivity index (χ4v) is 4.83. The van der Waals surface area contributed by atoms with Gasteiger partial charge in [-0.2, -0.15) is 0 Å². The second kappa shape index (κ2) is 23.3. The molecule has 0 fully saturated rings. The van der Waals surface area contributed by atoms with Gasteiger partial charge >= 0.3 is 7.82 Å². The van der Waals surface area contributed by atoms with E-state index in [0.717, 1.165) is 12.8 Å². The van der Waals surface area contributed by atoms with Crippen molar-refractivity contribution < 1.29 is 32.9 Å². The Morgan fingerprint density at radius 2 is 1.19 bits per heavy atom. The number of nitrogens with zero attached hydrogens (tertiary/aromatic N) is 1. The van der Waals surface area contributed by atoms with E-state index in [9.17, 15) is 14.6 Å². The molecule has 0 bridgehead atoms. The zero-order valence-corrected chi connectivity index (χ0v) is 23.6. The Balaban J connectivity index is 1.83. The number of hydrogen-bond acceptors (Lipinski definition) is 5.